The molecule has 2 N–H and O–H groups in total. The Balaban J connectivity index is 1.62. The van der Waals surface area contributed by atoms with Crippen LogP contribution in [0, 0.1) is 0 Å². The van der Waals surface area contributed by atoms with Crippen LogP contribution in [0.3, 0.4) is 0 Å². The average molecular weight is 448 g/mol. The molecule has 29 heavy (non-hydrogen) atoms. The summed E-state index contributed by atoms with van der Waals surface area (Å²) in [6.07, 6.45) is -3.51. The summed E-state index contributed by atoms with van der Waals surface area (Å²) >= 11 is 1.90. The van der Waals surface area contributed by atoms with Gasteiger partial charge in [-0.15, -0.1) is 11.3 Å². The number of nitrogens with zero attached hydrogens (tertiary/aromatic N) is 2. The highest BCUT2D eigenvalue weighted by molar-refractivity contribution is 7.99. The standard InChI is InChI=1S/C16H15F3N4O4S2/c1-2-27-13(26)7-3-4-8-12(7)23-15(29-8)22-11(25)6-28-14-20-9(16(17,18)19)5-10(24)21-14/h5,7H,2-4,6H2,1H3,(H,20,21,24)(H,22,23,25). The number of thiazole rings is 1. The summed E-state index contributed by atoms with van der Waals surface area (Å²) in [6, 6.07) is 0.348. The molecule has 0 saturated heterocycles. The largest absolute Gasteiger partial charge is 0.465 e. The monoisotopic (exact) mass is 448 g/mol. The summed E-state index contributed by atoms with van der Waals surface area (Å²) < 4.78 is 43.1. The molecule has 0 saturated carbocycles. The molecule has 13 heteroatoms. The molecule has 2 aromatic heterocycles. The van der Waals surface area contributed by atoms with E-state index in [4.69, 9.17) is 4.74 Å². The molecule has 1 aliphatic rings. The lowest BCUT2D eigenvalue weighted by Gasteiger charge is -2.08. The zero-order valence-corrected chi connectivity index (χ0v) is 16.6. The van der Waals surface area contributed by atoms with Gasteiger partial charge in [-0.1, -0.05) is 11.8 Å². The Morgan fingerprint density at radius 2 is 2.17 bits per heavy atom. The molecule has 1 atom stereocenters. The second kappa shape index (κ2) is 8.53. The number of alkyl halides is 3. The molecular weight excluding hydrogens is 433 g/mol. The zero-order valence-electron chi connectivity index (χ0n) is 15.0. The first kappa shape index (κ1) is 21.3. The average Bonchev–Trinajstić information content (AvgIpc) is 3.19. The first-order chi connectivity index (χ1) is 13.7. The predicted octanol–water partition coefficient (Wildman–Crippen LogP) is 2.57. The van der Waals surface area contributed by atoms with Crippen molar-refractivity contribution in [3.8, 4) is 0 Å². The number of halogens is 3. The van der Waals surface area contributed by atoms with Crippen LogP contribution in [0.25, 0.3) is 0 Å². The number of rotatable bonds is 6. The van der Waals surface area contributed by atoms with E-state index in [-0.39, 0.29) is 23.5 Å². The lowest BCUT2D eigenvalue weighted by atomic mass is 10.1. The molecule has 156 valence electrons. The summed E-state index contributed by atoms with van der Waals surface area (Å²) in [5.41, 5.74) is -1.71. The van der Waals surface area contributed by atoms with Crippen LogP contribution in [-0.2, 0) is 26.9 Å². The fourth-order valence-corrected chi connectivity index (χ4v) is 4.42. The summed E-state index contributed by atoms with van der Waals surface area (Å²) in [4.78, 5) is 46.0. The van der Waals surface area contributed by atoms with Crippen molar-refractivity contribution >= 4 is 40.1 Å². The number of nitrogens with one attached hydrogen (secondary N) is 2. The van der Waals surface area contributed by atoms with Crippen LogP contribution in [0.4, 0.5) is 18.3 Å². The van der Waals surface area contributed by atoms with E-state index in [1.807, 2.05) is 0 Å². The van der Waals surface area contributed by atoms with Gasteiger partial charge in [0, 0.05) is 10.9 Å². The lowest BCUT2D eigenvalue weighted by molar-refractivity contribution is -0.145. The number of aromatic nitrogens is 3. The number of hydrogen-bond acceptors (Lipinski definition) is 8. The van der Waals surface area contributed by atoms with Crippen LogP contribution in [0.15, 0.2) is 16.0 Å². The Labute approximate surface area is 170 Å². The zero-order chi connectivity index (χ0) is 21.2. The van der Waals surface area contributed by atoms with Gasteiger partial charge in [0.15, 0.2) is 16.0 Å². The second-order valence-corrected chi connectivity index (χ2v) is 7.99. The Morgan fingerprint density at radius 1 is 1.41 bits per heavy atom. The number of anilines is 1. The van der Waals surface area contributed by atoms with E-state index in [0.717, 1.165) is 4.88 Å². The summed E-state index contributed by atoms with van der Waals surface area (Å²) in [5.74, 6) is -1.63. The molecule has 2 aromatic rings. The molecule has 0 bridgehead atoms. The molecule has 0 aromatic carbocycles. The van der Waals surface area contributed by atoms with Gasteiger partial charge in [0.1, 0.15) is 5.92 Å². The Bertz CT molecular complexity index is 989. The van der Waals surface area contributed by atoms with Gasteiger partial charge in [-0.3, -0.25) is 14.4 Å². The highest BCUT2D eigenvalue weighted by Gasteiger charge is 2.34. The van der Waals surface area contributed by atoms with E-state index in [2.05, 4.69) is 20.3 Å². The van der Waals surface area contributed by atoms with Gasteiger partial charge in [-0.2, -0.15) is 13.2 Å². The molecule has 0 radical (unpaired) electrons. The SMILES string of the molecule is CCOC(=O)C1CCc2sc(NC(=O)CSc3nc(C(F)(F)F)cc(=O)[nH]3)nc21. The second-order valence-electron chi connectivity index (χ2n) is 5.94. The fraction of sp³-hybridized carbons (Fsp3) is 0.438. The van der Waals surface area contributed by atoms with E-state index in [9.17, 15) is 27.6 Å². The van der Waals surface area contributed by atoms with Crippen molar-refractivity contribution in [3.63, 3.8) is 0 Å². The number of hydrogen-bond donors (Lipinski definition) is 2. The Hall–Kier alpha value is -2.41. The van der Waals surface area contributed by atoms with E-state index < -0.39 is 29.3 Å². The van der Waals surface area contributed by atoms with Gasteiger partial charge < -0.3 is 15.0 Å². The maximum absolute atomic E-state index is 12.7. The normalized spacial score (nSPS) is 15.8. The van der Waals surface area contributed by atoms with Crippen LogP contribution in [-0.4, -0.2) is 39.2 Å². The molecule has 8 nitrogen and oxygen atoms in total. The van der Waals surface area contributed by atoms with Crippen molar-refractivity contribution < 1.29 is 27.5 Å². The van der Waals surface area contributed by atoms with E-state index in [1.54, 1.807) is 6.92 Å². The third-order valence-electron chi connectivity index (χ3n) is 3.89. The lowest BCUT2D eigenvalue weighted by Crippen LogP contribution is -2.18. The van der Waals surface area contributed by atoms with E-state index >= 15 is 0 Å². The number of thioether (sulfide) groups is 1. The smallest absolute Gasteiger partial charge is 0.433 e. The molecule has 1 aliphatic carbocycles. The Kier molecular flexibility index (Phi) is 6.27. The fourth-order valence-electron chi connectivity index (χ4n) is 2.69. The number of amides is 1. The van der Waals surface area contributed by atoms with E-state index in [1.165, 1.54) is 11.3 Å². The van der Waals surface area contributed by atoms with Crippen molar-refractivity contribution in [2.45, 2.75) is 37.0 Å². The maximum Gasteiger partial charge on any atom is 0.433 e. The number of ether oxygens (including phenoxy) is 1. The number of aryl methyl sites for hydroxylation is 1. The molecule has 3 rings (SSSR count). The molecular formula is C16H15F3N4O4S2. The van der Waals surface area contributed by atoms with Gasteiger partial charge in [-0.05, 0) is 19.8 Å². The molecule has 1 unspecified atom stereocenters. The third kappa shape index (κ3) is 5.15. The number of carbonyl (C=O) groups excluding carboxylic acids is 2. The predicted molar refractivity (Wildman–Crippen MR) is 99.0 cm³/mol. The van der Waals surface area contributed by atoms with Crippen LogP contribution in [0.2, 0.25) is 0 Å². The Morgan fingerprint density at radius 3 is 2.86 bits per heavy atom. The van der Waals surface area contributed by atoms with Gasteiger partial charge in [0.25, 0.3) is 5.56 Å². The van der Waals surface area contributed by atoms with Crippen molar-refractivity contribution in [2.75, 3.05) is 17.7 Å². The highest BCUT2D eigenvalue weighted by atomic mass is 32.2. The van der Waals surface area contributed by atoms with Gasteiger partial charge >= 0.3 is 12.1 Å². The minimum atomic E-state index is -4.76. The van der Waals surface area contributed by atoms with Crippen LogP contribution >= 0.6 is 23.1 Å². The van der Waals surface area contributed by atoms with E-state index in [0.29, 0.717) is 41.5 Å². The van der Waals surface area contributed by atoms with Crippen LogP contribution < -0.4 is 10.9 Å². The first-order valence-electron chi connectivity index (χ1n) is 8.44. The summed E-state index contributed by atoms with van der Waals surface area (Å²) in [5, 5.41) is 2.52. The number of H-pyrrole nitrogens is 1. The van der Waals surface area contributed by atoms with Crippen molar-refractivity contribution in [1.29, 1.82) is 0 Å². The van der Waals surface area contributed by atoms with Crippen molar-refractivity contribution in [2.24, 2.45) is 0 Å². The topological polar surface area (TPSA) is 114 Å². The van der Waals surface area contributed by atoms with Crippen molar-refractivity contribution in [1.82, 2.24) is 15.0 Å². The minimum absolute atomic E-state index is 0.265. The highest BCUT2D eigenvalue weighted by Crippen LogP contribution is 2.39. The van der Waals surface area contributed by atoms with Gasteiger partial charge in [0.2, 0.25) is 5.91 Å². The first-order valence-corrected chi connectivity index (χ1v) is 10.2. The number of esters is 1. The molecule has 0 spiro atoms. The molecule has 0 fully saturated rings. The maximum atomic E-state index is 12.7. The summed E-state index contributed by atoms with van der Waals surface area (Å²) in [7, 11) is 0. The van der Waals surface area contributed by atoms with Crippen molar-refractivity contribution in [3.05, 3.63) is 32.7 Å². The number of aromatic amines is 1. The molecule has 2 heterocycles. The molecule has 0 aliphatic heterocycles. The third-order valence-corrected chi connectivity index (χ3v) is 5.81. The van der Waals surface area contributed by atoms with Crippen LogP contribution in [0.5, 0.6) is 0 Å². The van der Waals surface area contributed by atoms with Crippen LogP contribution in [0.1, 0.15) is 35.5 Å². The quantitative estimate of drug-likeness (QED) is 0.397. The van der Waals surface area contributed by atoms with Gasteiger partial charge in [0.05, 0.1) is 18.1 Å². The number of carbonyl (C=O) groups is 2. The summed E-state index contributed by atoms with van der Waals surface area (Å²) in [6.45, 7) is 1.98. The minimum Gasteiger partial charge on any atom is -0.465 e. The van der Waals surface area contributed by atoms with Gasteiger partial charge in [-0.25, -0.2) is 9.97 Å². The molecule has 1 amide bonds. The number of fused-ring (bicyclic) bond motifs is 1.